The number of hydrogen-bond donors (Lipinski definition) is 1. The highest BCUT2D eigenvalue weighted by Crippen LogP contribution is 2.31. The van der Waals surface area contributed by atoms with Gasteiger partial charge in [0, 0.05) is 6.20 Å². The van der Waals surface area contributed by atoms with Gasteiger partial charge in [-0.15, -0.1) is 5.10 Å². The average Bonchev–Trinajstić information content (AvgIpc) is 3.00. The van der Waals surface area contributed by atoms with E-state index in [1.54, 1.807) is 19.9 Å². The maximum atomic E-state index is 11.3. The molecule has 9 nitrogen and oxygen atoms in total. The minimum Gasteiger partial charge on any atom is -0.504 e. The average molecular weight is 394 g/mol. The topological polar surface area (TPSA) is 125 Å². The lowest BCUT2D eigenvalue weighted by Gasteiger charge is -2.00. The minimum atomic E-state index is -0.675. The maximum absolute atomic E-state index is 11.3. The Hall–Kier alpha value is -3.20. The maximum Gasteiger partial charge on any atom is 0.378 e. The molecule has 0 saturated heterocycles. The van der Waals surface area contributed by atoms with E-state index < -0.39 is 11.9 Å². The second kappa shape index (κ2) is 9.48. The molecule has 3 heterocycles. The van der Waals surface area contributed by atoms with Crippen molar-refractivity contribution in [3.05, 3.63) is 47.2 Å². The van der Waals surface area contributed by atoms with Gasteiger partial charge in [-0.1, -0.05) is 11.6 Å². The second-order valence-electron chi connectivity index (χ2n) is 4.83. The molecule has 0 aromatic carbocycles. The number of pyridine rings is 1. The third-order valence-corrected chi connectivity index (χ3v) is 3.38. The van der Waals surface area contributed by atoms with E-state index >= 15 is 0 Å². The van der Waals surface area contributed by atoms with Crippen molar-refractivity contribution in [3.63, 3.8) is 0 Å². The number of nitrogens with zero attached hydrogens (tertiary/aromatic N) is 3. The fourth-order valence-corrected chi connectivity index (χ4v) is 2.13. The summed E-state index contributed by atoms with van der Waals surface area (Å²) in [5, 5.41) is 17.2. The van der Waals surface area contributed by atoms with Crippen molar-refractivity contribution in [1.82, 2.24) is 15.2 Å². The molecule has 0 fully saturated rings. The van der Waals surface area contributed by atoms with Crippen LogP contribution in [0.15, 0.2) is 35.1 Å². The molecular weight excluding hydrogens is 378 g/mol. The van der Waals surface area contributed by atoms with E-state index in [-0.39, 0.29) is 28.8 Å². The van der Waals surface area contributed by atoms with Gasteiger partial charge in [-0.05, 0) is 26.0 Å². The van der Waals surface area contributed by atoms with Crippen LogP contribution < -0.4 is 0 Å². The van der Waals surface area contributed by atoms with Gasteiger partial charge in [0.15, 0.2) is 16.5 Å². The molecule has 3 rings (SSSR count). The molecule has 0 amide bonds. The van der Waals surface area contributed by atoms with Gasteiger partial charge in [0.05, 0.1) is 31.0 Å². The van der Waals surface area contributed by atoms with E-state index in [1.807, 2.05) is 0 Å². The molecule has 1 N–H and O–H groups in total. The van der Waals surface area contributed by atoms with E-state index in [4.69, 9.17) is 25.5 Å². The molecule has 3 aromatic heterocycles. The lowest BCUT2D eigenvalue weighted by Crippen LogP contribution is -2.06. The van der Waals surface area contributed by atoms with Crippen LogP contribution in [0.2, 0.25) is 5.15 Å². The standard InChI is InChI=1S/C10H9NO4.C7H7ClN2O2/c1-2-14-10(13)9-8(12)6-3-4-11-5-7(6)15-9;1-2-12-7(11)5-3-4-9-10-6(5)8/h3-5,12H,2H2,1H3;3-4H,2H2,1H3. The Morgan fingerprint density at radius 1 is 1.15 bits per heavy atom. The minimum absolute atomic E-state index is 0.0657. The Morgan fingerprint density at radius 3 is 2.48 bits per heavy atom. The Kier molecular flexibility index (Phi) is 7.07. The number of esters is 2. The second-order valence-corrected chi connectivity index (χ2v) is 5.19. The molecule has 3 aromatic rings. The van der Waals surface area contributed by atoms with Crippen LogP contribution in [0.1, 0.15) is 34.8 Å². The number of carbonyl (C=O) groups excluding carboxylic acids is 2. The van der Waals surface area contributed by atoms with Crippen LogP contribution in [-0.4, -0.2) is 45.4 Å². The van der Waals surface area contributed by atoms with Gasteiger partial charge in [-0.25, -0.2) is 9.59 Å². The fraction of sp³-hybridized carbons (Fsp3) is 0.235. The van der Waals surface area contributed by atoms with Gasteiger partial charge in [0.25, 0.3) is 5.76 Å². The van der Waals surface area contributed by atoms with Crippen molar-refractivity contribution in [3.8, 4) is 5.75 Å². The van der Waals surface area contributed by atoms with Crippen molar-refractivity contribution < 1.29 is 28.6 Å². The summed E-state index contributed by atoms with van der Waals surface area (Å²) in [4.78, 5) is 26.2. The molecule has 27 heavy (non-hydrogen) atoms. The van der Waals surface area contributed by atoms with Gasteiger partial charge in [0.1, 0.15) is 5.56 Å². The van der Waals surface area contributed by atoms with E-state index in [0.717, 1.165) is 0 Å². The number of fused-ring (bicyclic) bond motifs is 1. The van der Waals surface area contributed by atoms with E-state index in [1.165, 1.54) is 24.7 Å². The highest BCUT2D eigenvalue weighted by molar-refractivity contribution is 6.32. The number of hydrogen-bond acceptors (Lipinski definition) is 9. The molecular formula is C17H16ClN3O6. The first-order chi connectivity index (χ1) is 13.0. The predicted octanol–water partition coefficient (Wildman–Crippen LogP) is 3.02. The normalized spacial score (nSPS) is 10.0. The van der Waals surface area contributed by atoms with E-state index in [0.29, 0.717) is 17.6 Å². The molecule has 0 spiro atoms. The summed E-state index contributed by atoms with van der Waals surface area (Å²) in [6.07, 6.45) is 4.32. The van der Waals surface area contributed by atoms with Crippen LogP contribution in [-0.2, 0) is 9.47 Å². The van der Waals surface area contributed by atoms with E-state index in [2.05, 4.69) is 15.2 Å². The zero-order chi connectivity index (χ0) is 19.8. The first-order valence-electron chi connectivity index (χ1n) is 7.86. The van der Waals surface area contributed by atoms with Gasteiger partial charge >= 0.3 is 11.9 Å². The predicted molar refractivity (Wildman–Crippen MR) is 94.6 cm³/mol. The molecule has 0 aliphatic rings. The quantitative estimate of drug-likeness (QED) is 0.665. The molecule has 0 saturated carbocycles. The number of carbonyl (C=O) groups is 2. The summed E-state index contributed by atoms with van der Waals surface area (Å²) in [6.45, 7) is 3.95. The SMILES string of the molecule is CCOC(=O)c1ccnnc1Cl.CCOC(=O)c1oc2cnccc2c1O. The van der Waals surface area contributed by atoms with Crippen molar-refractivity contribution in [2.75, 3.05) is 13.2 Å². The summed E-state index contributed by atoms with van der Waals surface area (Å²) in [5.41, 5.74) is 0.603. The van der Waals surface area contributed by atoms with Crippen molar-refractivity contribution in [2.24, 2.45) is 0 Å². The van der Waals surface area contributed by atoms with Crippen LogP contribution in [0.4, 0.5) is 0 Å². The van der Waals surface area contributed by atoms with Gasteiger partial charge in [-0.3, -0.25) is 4.98 Å². The highest BCUT2D eigenvalue weighted by Gasteiger charge is 2.20. The van der Waals surface area contributed by atoms with Crippen molar-refractivity contribution in [1.29, 1.82) is 0 Å². The summed E-state index contributed by atoms with van der Waals surface area (Å²) in [5.74, 6) is -1.53. The van der Waals surface area contributed by atoms with Crippen LogP contribution in [0, 0.1) is 0 Å². The Morgan fingerprint density at radius 2 is 1.85 bits per heavy atom. The zero-order valence-corrected chi connectivity index (χ0v) is 15.3. The van der Waals surface area contributed by atoms with Gasteiger partial charge in [0.2, 0.25) is 0 Å². The molecule has 0 bridgehead atoms. The summed E-state index contributed by atoms with van der Waals surface area (Å²) >= 11 is 5.58. The molecule has 0 unspecified atom stereocenters. The van der Waals surface area contributed by atoms with Gasteiger partial charge < -0.3 is 19.0 Å². The Labute approximate surface area is 158 Å². The lowest BCUT2D eigenvalue weighted by atomic mass is 10.3. The Bertz CT molecular complexity index is 943. The smallest absolute Gasteiger partial charge is 0.378 e. The van der Waals surface area contributed by atoms with Crippen molar-refractivity contribution >= 4 is 34.5 Å². The summed E-state index contributed by atoms with van der Waals surface area (Å²) in [6, 6.07) is 3.03. The molecule has 0 aliphatic carbocycles. The number of aromatic hydroxyl groups is 1. The summed E-state index contributed by atoms with van der Waals surface area (Å²) < 4.78 is 14.6. The number of furan rings is 1. The van der Waals surface area contributed by atoms with Crippen LogP contribution in [0.5, 0.6) is 5.75 Å². The number of halogens is 1. The summed E-state index contributed by atoms with van der Waals surface area (Å²) in [7, 11) is 0. The molecule has 10 heteroatoms. The number of ether oxygens (including phenoxy) is 2. The Balaban J connectivity index is 0.000000199. The van der Waals surface area contributed by atoms with Crippen LogP contribution in [0.25, 0.3) is 11.0 Å². The van der Waals surface area contributed by atoms with Crippen LogP contribution >= 0.6 is 11.6 Å². The zero-order valence-electron chi connectivity index (χ0n) is 14.5. The monoisotopic (exact) mass is 393 g/mol. The molecule has 0 aliphatic heterocycles. The number of rotatable bonds is 4. The number of aromatic nitrogens is 3. The lowest BCUT2D eigenvalue weighted by molar-refractivity contribution is 0.0486. The van der Waals surface area contributed by atoms with E-state index in [9.17, 15) is 14.7 Å². The van der Waals surface area contributed by atoms with Crippen LogP contribution in [0.3, 0.4) is 0 Å². The first kappa shape index (κ1) is 20.1. The van der Waals surface area contributed by atoms with Crippen molar-refractivity contribution in [2.45, 2.75) is 13.8 Å². The largest absolute Gasteiger partial charge is 0.504 e. The molecule has 0 radical (unpaired) electrons. The molecule has 142 valence electrons. The van der Waals surface area contributed by atoms with Gasteiger partial charge in [-0.2, -0.15) is 5.10 Å². The first-order valence-corrected chi connectivity index (χ1v) is 8.24. The third-order valence-electron chi connectivity index (χ3n) is 3.10. The molecule has 0 atom stereocenters. The fourth-order valence-electron chi connectivity index (χ4n) is 1.95. The third kappa shape index (κ3) is 4.91. The highest BCUT2D eigenvalue weighted by atomic mass is 35.5.